The van der Waals surface area contributed by atoms with Crippen molar-refractivity contribution in [3.05, 3.63) is 47.2 Å². The molecule has 1 aromatic carbocycles. The molecule has 0 bridgehead atoms. The molecule has 1 unspecified atom stereocenters. The van der Waals surface area contributed by atoms with Crippen LogP contribution in [0.3, 0.4) is 0 Å². The van der Waals surface area contributed by atoms with E-state index in [1.807, 2.05) is 32.0 Å². The summed E-state index contributed by atoms with van der Waals surface area (Å²) in [5.74, 6) is 0.190. The molecule has 2 fully saturated rings. The highest BCUT2D eigenvalue weighted by Gasteiger charge is 2.34. The van der Waals surface area contributed by atoms with E-state index in [1.54, 1.807) is 21.6 Å². The van der Waals surface area contributed by atoms with Gasteiger partial charge in [0.05, 0.1) is 18.7 Å². The summed E-state index contributed by atoms with van der Waals surface area (Å²) in [5.41, 5.74) is 1.52. The van der Waals surface area contributed by atoms with Crippen LogP contribution in [0.15, 0.2) is 28.8 Å². The van der Waals surface area contributed by atoms with E-state index in [9.17, 15) is 19.2 Å². The summed E-state index contributed by atoms with van der Waals surface area (Å²) in [4.78, 5) is 65.1. The molecule has 0 aliphatic carbocycles. The van der Waals surface area contributed by atoms with E-state index in [1.165, 1.54) is 6.07 Å². The Bertz CT molecular complexity index is 1550. The van der Waals surface area contributed by atoms with Gasteiger partial charge in [0.2, 0.25) is 11.8 Å². The van der Waals surface area contributed by atoms with Gasteiger partial charge in [-0.15, -0.1) is 0 Å². The van der Waals surface area contributed by atoms with Crippen molar-refractivity contribution < 1.29 is 33.2 Å². The van der Waals surface area contributed by atoms with Gasteiger partial charge < -0.3 is 34.0 Å². The minimum atomic E-state index is -0.549. The number of hydrogen-bond acceptors (Lipinski definition) is 10. The van der Waals surface area contributed by atoms with Crippen LogP contribution in [-0.2, 0) is 14.3 Å². The first-order valence-electron chi connectivity index (χ1n) is 15.3. The fourth-order valence-corrected chi connectivity index (χ4v) is 5.43. The smallest absolute Gasteiger partial charge is 0.409 e. The number of amides is 4. The van der Waals surface area contributed by atoms with Crippen molar-refractivity contribution in [2.24, 2.45) is 0 Å². The Labute approximate surface area is 261 Å². The standard InChI is InChI=1S/C31H39N7O7/c1-4-5-15-43-31(42)37-13-11-36(12-14-37)27(39)18-32-29(41)24-17-26(22-9-8-20(2)16-23(22)34-24)44-19-28(40)38-10-6-7-25(38)30-33-21(3)35-45-30/h8-9,16-17,25H,4-7,10-15,18-19H2,1-3H3,(H,32,41). The number of aromatic nitrogens is 3. The number of pyridine rings is 1. The van der Waals surface area contributed by atoms with E-state index >= 15 is 0 Å². The van der Waals surface area contributed by atoms with Crippen LogP contribution < -0.4 is 10.1 Å². The number of nitrogens with one attached hydrogen (secondary N) is 1. The molecule has 0 radical (unpaired) electrons. The number of unbranched alkanes of at least 4 members (excludes halogenated alkanes) is 1. The third-order valence-corrected chi connectivity index (χ3v) is 7.93. The zero-order chi connectivity index (χ0) is 31.9. The molecule has 2 aromatic heterocycles. The van der Waals surface area contributed by atoms with E-state index in [0.29, 0.717) is 67.7 Å². The molecule has 0 saturated carbocycles. The van der Waals surface area contributed by atoms with Crippen molar-refractivity contribution in [2.45, 2.75) is 52.5 Å². The van der Waals surface area contributed by atoms with Crippen molar-refractivity contribution in [3.63, 3.8) is 0 Å². The van der Waals surface area contributed by atoms with Gasteiger partial charge in [0.1, 0.15) is 17.5 Å². The molecule has 0 spiro atoms. The van der Waals surface area contributed by atoms with Crippen molar-refractivity contribution in [1.82, 2.24) is 35.1 Å². The van der Waals surface area contributed by atoms with Gasteiger partial charge in [-0.3, -0.25) is 14.4 Å². The second-order valence-electron chi connectivity index (χ2n) is 11.3. The average molecular weight is 622 g/mol. The summed E-state index contributed by atoms with van der Waals surface area (Å²) in [6, 6.07) is 6.74. The number of piperazine rings is 1. The van der Waals surface area contributed by atoms with Gasteiger partial charge in [0, 0.05) is 44.2 Å². The van der Waals surface area contributed by atoms with E-state index in [-0.39, 0.29) is 42.8 Å². The van der Waals surface area contributed by atoms with Crippen LogP contribution in [0, 0.1) is 13.8 Å². The molecule has 4 amide bonds. The number of hydrogen-bond donors (Lipinski definition) is 1. The van der Waals surface area contributed by atoms with Crippen molar-refractivity contribution in [2.75, 3.05) is 52.5 Å². The lowest BCUT2D eigenvalue weighted by atomic mass is 10.1. The number of benzene rings is 1. The third kappa shape index (κ3) is 7.67. The SMILES string of the molecule is CCCCOC(=O)N1CCN(C(=O)CNC(=O)c2cc(OCC(=O)N3CCCC3c3nc(C)no3)c3ccc(C)cc3n2)CC1. The monoisotopic (exact) mass is 621 g/mol. The zero-order valence-electron chi connectivity index (χ0n) is 25.9. The van der Waals surface area contributed by atoms with E-state index < -0.39 is 5.91 Å². The lowest BCUT2D eigenvalue weighted by Gasteiger charge is -2.34. The minimum absolute atomic E-state index is 0.0587. The number of carbonyl (C=O) groups is 4. The molecule has 1 N–H and O–H groups in total. The second kappa shape index (κ2) is 14.4. The van der Waals surface area contributed by atoms with Crippen LogP contribution in [0.25, 0.3) is 10.9 Å². The van der Waals surface area contributed by atoms with Crippen LogP contribution in [0.2, 0.25) is 0 Å². The molecular weight excluding hydrogens is 582 g/mol. The topological polar surface area (TPSA) is 160 Å². The predicted octanol–water partition coefficient (Wildman–Crippen LogP) is 2.79. The summed E-state index contributed by atoms with van der Waals surface area (Å²) in [6.45, 7) is 7.53. The average Bonchev–Trinajstić information content (AvgIpc) is 3.71. The molecular formula is C31H39N7O7. The molecule has 2 aliphatic rings. The summed E-state index contributed by atoms with van der Waals surface area (Å²) >= 11 is 0. The fraction of sp³-hybridized carbons (Fsp3) is 0.516. The van der Waals surface area contributed by atoms with E-state index in [0.717, 1.165) is 31.2 Å². The van der Waals surface area contributed by atoms with E-state index in [4.69, 9.17) is 14.0 Å². The Balaban J connectivity index is 1.20. The normalized spacial score (nSPS) is 16.6. The summed E-state index contributed by atoms with van der Waals surface area (Å²) in [5, 5.41) is 7.15. The Morgan fingerprint density at radius 1 is 1.00 bits per heavy atom. The number of carbonyl (C=O) groups excluding carboxylic acids is 4. The first-order valence-corrected chi connectivity index (χ1v) is 15.3. The molecule has 14 nitrogen and oxygen atoms in total. The number of ether oxygens (including phenoxy) is 2. The number of likely N-dealkylation sites (tertiary alicyclic amines) is 1. The van der Waals surface area contributed by atoms with Crippen LogP contribution in [0.1, 0.15) is 66.4 Å². The molecule has 4 heterocycles. The van der Waals surface area contributed by atoms with Crippen LogP contribution in [-0.4, -0.2) is 106 Å². The van der Waals surface area contributed by atoms with Crippen molar-refractivity contribution in [1.29, 1.82) is 0 Å². The van der Waals surface area contributed by atoms with Crippen molar-refractivity contribution in [3.8, 4) is 5.75 Å². The Morgan fingerprint density at radius 3 is 2.51 bits per heavy atom. The molecule has 14 heteroatoms. The highest BCUT2D eigenvalue weighted by Crippen LogP contribution is 2.32. The lowest BCUT2D eigenvalue weighted by Crippen LogP contribution is -2.52. The maximum atomic E-state index is 13.2. The van der Waals surface area contributed by atoms with Crippen LogP contribution in [0.4, 0.5) is 4.79 Å². The highest BCUT2D eigenvalue weighted by molar-refractivity contribution is 5.98. The minimum Gasteiger partial charge on any atom is -0.483 e. The highest BCUT2D eigenvalue weighted by atomic mass is 16.6. The molecule has 2 aliphatic heterocycles. The first kappa shape index (κ1) is 31.7. The number of nitrogens with zero attached hydrogens (tertiary/aromatic N) is 6. The van der Waals surface area contributed by atoms with Gasteiger partial charge in [-0.05, 0) is 50.8 Å². The maximum absolute atomic E-state index is 13.2. The van der Waals surface area contributed by atoms with E-state index in [2.05, 4.69) is 20.4 Å². The summed E-state index contributed by atoms with van der Waals surface area (Å²) in [7, 11) is 0. The van der Waals surface area contributed by atoms with Gasteiger partial charge in [-0.25, -0.2) is 9.78 Å². The Kier molecular flexibility index (Phi) is 10.1. The van der Waals surface area contributed by atoms with Gasteiger partial charge in [0.25, 0.3) is 11.8 Å². The lowest BCUT2D eigenvalue weighted by molar-refractivity contribution is -0.134. The molecule has 5 rings (SSSR count). The fourth-order valence-electron chi connectivity index (χ4n) is 5.43. The largest absolute Gasteiger partial charge is 0.483 e. The number of fused-ring (bicyclic) bond motifs is 1. The zero-order valence-corrected chi connectivity index (χ0v) is 25.9. The van der Waals surface area contributed by atoms with Gasteiger partial charge in [0.15, 0.2) is 12.4 Å². The van der Waals surface area contributed by atoms with Gasteiger partial charge in [-0.2, -0.15) is 4.98 Å². The Hall–Kier alpha value is -4.75. The summed E-state index contributed by atoms with van der Waals surface area (Å²) < 4.78 is 16.6. The summed E-state index contributed by atoms with van der Waals surface area (Å²) in [6.07, 6.45) is 2.90. The van der Waals surface area contributed by atoms with Gasteiger partial charge >= 0.3 is 6.09 Å². The quantitative estimate of drug-likeness (QED) is 0.334. The maximum Gasteiger partial charge on any atom is 0.409 e. The number of rotatable bonds is 10. The Morgan fingerprint density at radius 2 is 1.78 bits per heavy atom. The van der Waals surface area contributed by atoms with Crippen LogP contribution >= 0.6 is 0 Å². The second-order valence-corrected chi connectivity index (χ2v) is 11.3. The molecule has 240 valence electrons. The van der Waals surface area contributed by atoms with Gasteiger partial charge in [-0.1, -0.05) is 24.6 Å². The van der Waals surface area contributed by atoms with Crippen molar-refractivity contribution >= 4 is 34.7 Å². The number of aryl methyl sites for hydroxylation is 2. The molecule has 2 saturated heterocycles. The van der Waals surface area contributed by atoms with Crippen LogP contribution in [0.5, 0.6) is 5.75 Å². The first-order chi connectivity index (χ1) is 21.7. The third-order valence-electron chi connectivity index (χ3n) is 7.93. The predicted molar refractivity (Wildman–Crippen MR) is 161 cm³/mol. The molecule has 1 atom stereocenters. The molecule has 3 aromatic rings. The molecule has 45 heavy (non-hydrogen) atoms.